The fourth-order valence-corrected chi connectivity index (χ4v) is 3.80. The Bertz CT molecular complexity index is 563. The summed E-state index contributed by atoms with van der Waals surface area (Å²) >= 11 is 3.46. The maximum absolute atomic E-state index is 11.8. The molecule has 0 spiro atoms. The molecule has 0 bridgehead atoms. The number of hydrogen-bond acceptors (Lipinski definition) is 4. The van der Waals surface area contributed by atoms with Crippen molar-refractivity contribution in [2.75, 3.05) is 16.8 Å². The van der Waals surface area contributed by atoms with E-state index in [0.29, 0.717) is 6.04 Å². The summed E-state index contributed by atoms with van der Waals surface area (Å²) in [5, 5.41) is 5.86. The van der Waals surface area contributed by atoms with Gasteiger partial charge in [0.05, 0.1) is 15.7 Å². The number of nitrogens with one attached hydrogen (secondary N) is 2. The molecular weight excluding hydrogens is 266 g/mol. The van der Waals surface area contributed by atoms with E-state index < -0.39 is 0 Å². The molecule has 1 aromatic carbocycles. The Morgan fingerprint density at radius 1 is 1.44 bits per heavy atom. The third-order valence-electron chi connectivity index (χ3n) is 2.85. The molecule has 18 heavy (non-hydrogen) atoms. The van der Waals surface area contributed by atoms with Crippen LogP contribution in [0.4, 0.5) is 10.5 Å². The molecule has 2 N–H and O–H groups in total. The molecule has 2 heterocycles. The lowest BCUT2D eigenvalue weighted by Crippen LogP contribution is -2.37. The second kappa shape index (κ2) is 5.16. The Labute approximate surface area is 113 Å². The number of aromatic nitrogens is 1. The summed E-state index contributed by atoms with van der Waals surface area (Å²) in [5.74, 6) is 2.15. The van der Waals surface area contributed by atoms with Gasteiger partial charge in [-0.15, -0.1) is 11.3 Å². The van der Waals surface area contributed by atoms with E-state index in [9.17, 15) is 4.79 Å². The summed E-state index contributed by atoms with van der Waals surface area (Å²) in [5.41, 5.74) is 3.60. The number of thioether (sulfide) groups is 1. The van der Waals surface area contributed by atoms with Gasteiger partial charge in [-0.2, -0.15) is 11.8 Å². The number of urea groups is 1. The molecule has 1 fully saturated rings. The first kappa shape index (κ1) is 11.8. The van der Waals surface area contributed by atoms with E-state index in [4.69, 9.17) is 0 Å². The topological polar surface area (TPSA) is 54.0 Å². The number of nitrogens with zero attached hydrogens (tertiary/aromatic N) is 1. The SMILES string of the molecule is O=C(Nc1ccc2ncsc2c1)N[C@@H]1CCSC1. The molecule has 4 nitrogen and oxygen atoms in total. The zero-order chi connectivity index (χ0) is 12.4. The van der Waals surface area contributed by atoms with Crippen LogP contribution < -0.4 is 10.6 Å². The van der Waals surface area contributed by atoms with Gasteiger partial charge >= 0.3 is 6.03 Å². The van der Waals surface area contributed by atoms with Crippen molar-refractivity contribution in [1.29, 1.82) is 0 Å². The van der Waals surface area contributed by atoms with Gasteiger partial charge in [0, 0.05) is 17.5 Å². The van der Waals surface area contributed by atoms with Crippen molar-refractivity contribution in [3.63, 3.8) is 0 Å². The number of carbonyl (C=O) groups is 1. The summed E-state index contributed by atoms with van der Waals surface area (Å²) in [6.07, 6.45) is 1.06. The van der Waals surface area contributed by atoms with Gasteiger partial charge in [0.1, 0.15) is 0 Å². The highest BCUT2D eigenvalue weighted by molar-refractivity contribution is 7.99. The minimum absolute atomic E-state index is 0.119. The van der Waals surface area contributed by atoms with Crippen LogP contribution in [-0.2, 0) is 0 Å². The van der Waals surface area contributed by atoms with Crippen molar-refractivity contribution in [2.24, 2.45) is 0 Å². The molecule has 1 saturated heterocycles. The Morgan fingerprint density at radius 2 is 2.39 bits per heavy atom. The summed E-state index contributed by atoms with van der Waals surface area (Å²) in [6.45, 7) is 0. The van der Waals surface area contributed by atoms with E-state index in [1.54, 1.807) is 11.3 Å². The van der Waals surface area contributed by atoms with Crippen LogP contribution in [0.15, 0.2) is 23.7 Å². The van der Waals surface area contributed by atoms with Crippen LogP contribution in [-0.4, -0.2) is 28.6 Å². The Hall–Kier alpha value is -1.27. The number of anilines is 1. The number of amides is 2. The number of thiazole rings is 1. The summed E-state index contributed by atoms with van der Waals surface area (Å²) in [6, 6.07) is 5.95. The third-order valence-corrected chi connectivity index (χ3v) is 4.81. The van der Waals surface area contributed by atoms with Gasteiger partial charge in [0.2, 0.25) is 0 Å². The fraction of sp³-hybridized carbons (Fsp3) is 0.333. The lowest BCUT2D eigenvalue weighted by Gasteiger charge is -2.12. The van der Waals surface area contributed by atoms with Crippen LogP contribution in [0, 0.1) is 0 Å². The minimum Gasteiger partial charge on any atom is -0.334 e. The predicted molar refractivity (Wildman–Crippen MR) is 77.5 cm³/mol. The molecule has 2 aromatic rings. The van der Waals surface area contributed by atoms with Crippen molar-refractivity contribution in [3.05, 3.63) is 23.7 Å². The van der Waals surface area contributed by atoms with E-state index in [-0.39, 0.29) is 6.03 Å². The molecule has 1 aliphatic rings. The van der Waals surface area contributed by atoms with Crippen LogP contribution in [0.5, 0.6) is 0 Å². The van der Waals surface area contributed by atoms with Crippen molar-refractivity contribution in [2.45, 2.75) is 12.5 Å². The van der Waals surface area contributed by atoms with Gasteiger partial charge in [0.15, 0.2) is 0 Å². The van der Waals surface area contributed by atoms with E-state index in [2.05, 4.69) is 15.6 Å². The molecule has 94 valence electrons. The largest absolute Gasteiger partial charge is 0.334 e. The molecule has 1 aliphatic heterocycles. The third kappa shape index (κ3) is 2.59. The zero-order valence-electron chi connectivity index (χ0n) is 9.68. The van der Waals surface area contributed by atoms with Crippen LogP contribution in [0.2, 0.25) is 0 Å². The monoisotopic (exact) mass is 279 g/mol. The van der Waals surface area contributed by atoms with Crippen LogP contribution in [0.3, 0.4) is 0 Å². The van der Waals surface area contributed by atoms with Crippen molar-refractivity contribution >= 4 is 45.0 Å². The van der Waals surface area contributed by atoms with Gasteiger partial charge in [-0.05, 0) is 30.4 Å². The zero-order valence-corrected chi connectivity index (χ0v) is 11.3. The van der Waals surface area contributed by atoms with Crippen LogP contribution >= 0.6 is 23.1 Å². The normalized spacial score (nSPS) is 19.0. The maximum atomic E-state index is 11.8. The Morgan fingerprint density at radius 3 is 3.22 bits per heavy atom. The van der Waals surface area contributed by atoms with Crippen molar-refractivity contribution < 1.29 is 4.79 Å². The second-order valence-electron chi connectivity index (χ2n) is 4.19. The van der Waals surface area contributed by atoms with E-state index in [1.165, 1.54) is 0 Å². The number of fused-ring (bicyclic) bond motifs is 1. The highest BCUT2D eigenvalue weighted by Crippen LogP contribution is 2.22. The quantitative estimate of drug-likeness (QED) is 0.888. The molecule has 0 aliphatic carbocycles. The standard InChI is InChI=1S/C12H13N3OS2/c16-12(15-9-3-4-17-6-9)14-8-1-2-10-11(5-8)18-7-13-10/h1-2,5,7,9H,3-4,6H2,(H2,14,15,16)/t9-/m1/s1. The first-order valence-corrected chi connectivity index (χ1v) is 7.83. The van der Waals surface area contributed by atoms with Gasteiger partial charge in [-0.25, -0.2) is 9.78 Å². The van der Waals surface area contributed by atoms with Crippen LogP contribution in [0.1, 0.15) is 6.42 Å². The summed E-state index contributed by atoms with van der Waals surface area (Å²) < 4.78 is 1.09. The Balaban J connectivity index is 1.65. The van der Waals surface area contributed by atoms with Gasteiger partial charge in [0.25, 0.3) is 0 Å². The van der Waals surface area contributed by atoms with E-state index in [1.807, 2.05) is 35.5 Å². The average molecular weight is 279 g/mol. The first-order chi connectivity index (χ1) is 8.81. The molecule has 6 heteroatoms. The van der Waals surface area contributed by atoms with Crippen molar-refractivity contribution in [1.82, 2.24) is 10.3 Å². The minimum atomic E-state index is -0.119. The smallest absolute Gasteiger partial charge is 0.319 e. The van der Waals surface area contributed by atoms with Gasteiger partial charge < -0.3 is 10.6 Å². The second-order valence-corrected chi connectivity index (χ2v) is 6.23. The molecule has 2 amide bonds. The average Bonchev–Trinajstić information content (AvgIpc) is 2.98. The predicted octanol–water partition coefficient (Wildman–Crippen LogP) is 2.92. The van der Waals surface area contributed by atoms with Crippen LogP contribution in [0.25, 0.3) is 10.2 Å². The summed E-state index contributed by atoms with van der Waals surface area (Å²) in [7, 11) is 0. The lowest BCUT2D eigenvalue weighted by molar-refractivity contribution is 0.249. The fourth-order valence-electron chi connectivity index (χ4n) is 1.93. The number of benzene rings is 1. The first-order valence-electron chi connectivity index (χ1n) is 5.80. The molecule has 0 unspecified atom stereocenters. The number of carbonyl (C=O) groups excluding carboxylic acids is 1. The Kier molecular flexibility index (Phi) is 3.38. The maximum Gasteiger partial charge on any atom is 0.319 e. The lowest BCUT2D eigenvalue weighted by atomic mass is 10.2. The molecule has 1 atom stereocenters. The highest BCUT2D eigenvalue weighted by Gasteiger charge is 2.17. The molecule has 3 rings (SSSR count). The van der Waals surface area contributed by atoms with Gasteiger partial charge in [-0.1, -0.05) is 0 Å². The molecule has 0 saturated carbocycles. The number of rotatable bonds is 2. The van der Waals surface area contributed by atoms with E-state index >= 15 is 0 Å². The molecule has 1 aromatic heterocycles. The van der Waals surface area contributed by atoms with Crippen molar-refractivity contribution in [3.8, 4) is 0 Å². The molecular formula is C12H13N3OS2. The number of hydrogen-bond donors (Lipinski definition) is 2. The summed E-state index contributed by atoms with van der Waals surface area (Å²) in [4.78, 5) is 16.0. The highest BCUT2D eigenvalue weighted by atomic mass is 32.2. The van der Waals surface area contributed by atoms with Gasteiger partial charge in [-0.3, -0.25) is 0 Å². The van der Waals surface area contributed by atoms with E-state index in [0.717, 1.165) is 33.8 Å². The molecule has 0 radical (unpaired) electrons.